The number of aliphatic hydroxyl groups is 4. The molecule has 1 aromatic carbocycles. The molecule has 322 valence electrons. The maximum absolute atomic E-state index is 15.0. The topological polar surface area (TPSA) is 234 Å². The third kappa shape index (κ3) is 7.28. The fraction of sp³-hybridized carbons (Fsp3) is 0.690. The Balaban J connectivity index is 1.72. The van der Waals surface area contributed by atoms with Gasteiger partial charge in [-0.2, -0.15) is 0 Å². The lowest BCUT2D eigenvalue weighted by molar-refractivity contribution is -0.345. The summed E-state index contributed by atoms with van der Waals surface area (Å²) < 4.78 is 34.5. The van der Waals surface area contributed by atoms with Gasteiger partial charge in [-0.15, -0.1) is 0 Å². The molecule has 0 spiro atoms. The Bertz CT molecular complexity index is 1850. The fourth-order valence-electron chi connectivity index (χ4n) is 9.55. The van der Waals surface area contributed by atoms with E-state index in [0.717, 1.165) is 7.11 Å². The third-order valence-electron chi connectivity index (χ3n) is 12.9. The van der Waals surface area contributed by atoms with Crippen molar-refractivity contribution in [2.45, 2.75) is 148 Å². The number of hydrogen-bond acceptors (Lipinski definition) is 15. The van der Waals surface area contributed by atoms with E-state index in [2.05, 4.69) is 5.32 Å². The summed E-state index contributed by atoms with van der Waals surface area (Å²) in [5.41, 5.74) is -11.7. The molecule has 0 aromatic heterocycles. The molecule has 2 saturated carbocycles. The molecule has 1 unspecified atom stereocenters. The molecule has 3 aliphatic carbocycles. The molecule has 0 radical (unpaired) electrons. The number of ketones is 1. The highest BCUT2D eigenvalue weighted by molar-refractivity contribution is 5.94. The Morgan fingerprint density at radius 1 is 0.966 bits per heavy atom. The van der Waals surface area contributed by atoms with Crippen LogP contribution >= 0.6 is 0 Å². The van der Waals surface area contributed by atoms with E-state index in [1.54, 1.807) is 59.7 Å². The number of rotatable bonds is 7. The maximum atomic E-state index is 15.0. The number of ether oxygens (including phenoxy) is 6. The molecule has 58 heavy (non-hydrogen) atoms. The Morgan fingerprint density at radius 3 is 2.09 bits per heavy atom. The zero-order valence-corrected chi connectivity index (χ0v) is 35.3. The van der Waals surface area contributed by atoms with Crippen LogP contribution in [-0.4, -0.2) is 123 Å². The van der Waals surface area contributed by atoms with Gasteiger partial charge in [-0.05, 0) is 70.2 Å². The van der Waals surface area contributed by atoms with Crippen molar-refractivity contribution in [1.82, 2.24) is 5.32 Å². The molecule has 4 aliphatic rings. The Hall–Kier alpha value is -4.09. The van der Waals surface area contributed by atoms with Crippen molar-refractivity contribution in [2.24, 2.45) is 22.2 Å². The van der Waals surface area contributed by atoms with Crippen molar-refractivity contribution in [1.29, 1.82) is 0 Å². The Morgan fingerprint density at radius 2 is 1.57 bits per heavy atom. The number of hydrogen-bond donors (Lipinski definition) is 5. The molecule has 1 saturated heterocycles. The highest BCUT2D eigenvalue weighted by atomic mass is 16.8. The van der Waals surface area contributed by atoms with Crippen LogP contribution < -0.4 is 5.32 Å². The molecule has 5 N–H and O–H groups in total. The number of esters is 2. The van der Waals surface area contributed by atoms with Gasteiger partial charge in [-0.3, -0.25) is 4.79 Å². The van der Waals surface area contributed by atoms with Gasteiger partial charge >= 0.3 is 24.2 Å². The molecule has 1 amide bonds. The molecule has 16 heteroatoms. The number of amides is 1. The van der Waals surface area contributed by atoms with E-state index in [1.807, 2.05) is 0 Å². The van der Waals surface area contributed by atoms with Crippen LogP contribution in [0, 0.1) is 22.2 Å². The van der Waals surface area contributed by atoms with E-state index in [4.69, 9.17) is 28.4 Å². The van der Waals surface area contributed by atoms with Crippen LogP contribution in [-0.2, 0) is 38.0 Å². The van der Waals surface area contributed by atoms with Gasteiger partial charge < -0.3 is 54.2 Å². The van der Waals surface area contributed by atoms with Gasteiger partial charge in [-0.1, -0.05) is 52.8 Å². The first-order valence-electron chi connectivity index (χ1n) is 19.4. The van der Waals surface area contributed by atoms with Gasteiger partial charge in [0.2, 0.25) is 0 Å². The number of fused-ring (bicyclic) bond motifs is 5. The van der Waals surface area contributed by atoms with Gasteiger partial charge in [0.1, 0.15) is 35.1 Å². The van der Waals surface area contributed by atoms with E-state index in [1.165, 1.54) is 46.8 Å². The molecule has 3 fully saturated rings. The number of carbonyl (C=O) groups excluding carboxylic acids is 5. The Labute approximate surface area is 338 Å². The summed E-state index contributed by atoms with van der Waals surface area (Å²) in [6.45, 7) is 17.0. The maximum Gasteiger partial charge on any atom is 0.508 e. The minimum atomic E-state index is -2.41. The first kappa shape index (κ1) is 45.0. The van der Waals surface area contributed by atoms with Gasteiger partial charge in [0.05, 0.1) is 42.8 Å². The fourth-order valence-corrected chi connectivity index (χ4v) is 9.55. The van der Waals surface area contributed by atoms with E-state index in [0.29, 0.717) is 0 Å². The molecule has 1 heterocycles. The standard InChI is InChI=1S/C42H59NO15/c1-21-25-26(45)30(47)40(11)23(44)18-24-41(20-54-24,58-35(51)53-12)28(40)31(55-32(48)22-16-14-13-15-17-22)42(52,38(25,8)9)19-39(21,10)56-33(49)27(46)29(36(2,3)4)43-34(50)57-37(5,6)7/h13-17,23-24,26-29,31,44-46,52H,18-20H2,1-12H3,(H,43,50)/t23-,24+,26+,27+,28?,29+,31-,39+,40+,41-,42+/m0/s1. The number of benzene rings is 1. The van der Waals surface area contributed by atoms with E-state index in [9.17, 15) is 39.6 Å². The third-order valence-corrected chi connectivity index (χ3v) is 12.9. The molecule has 16 nitrogen and oxygen atoms in total. The number of alkyl carbamates (subject to hydrolysis) is 1. The van der Waals surface area contributed by atoms with Crippen LogP contribution in [0.1, 0.15) is 99.4 Å². The normalized spacial score (nSPS) is 35.3. The zero-order chi connectivity index (χ0) is 43.8. The second-order valence-corrected chi connectivity index (χ2v) is 19.1. The van der Waals surface area contributed by atoms with Crippen LogP contribution in [0.4, 0.5) is 9.59 Å². The Kier molecular flexibility index (Phi) is 11.5. The molecule has 1 aliphatic heterocycles. The molecular formula is C42H59NO15. The van der Waals surface area contributed by atoms with Crippen LogP contribution in [0.25, 0.3) is 0 Å². The number of nitrogens with one attached hydrogen (secondary N) is 1. The molecular weight excluding hydrogens is 758 g/mol. The molecule has 2 bridgehead atoms. The van der Waals surface area contributed by atoms with Crippen LogP contribution in [0.15, 0.2) is 41.5 Å². The first-order valence-corrected chi connectivity index (χ1v) is 19.4. The quantitative estimate of drug-likeness (QED) is 0.150. The van der Waals surface area contributed by atoms with E-state index < -0.39 is 118 Å². The number of methoxy groups -OCH3 is 1. The minimum Gasteiger partial charge on any atom is -0.455 e. The summed E-state index contributed by atoms with van der Waals surface area (Å²) in [7, 11) is 1.07. The second-order valence-electron chi connectivity index (χ2n) is 19.1. The molecule has 11 atom stereocenters. The lowest BCUT2D eigenvalue weighted by Crippen LogP contribution is -2.82. The van der Waals surface area contributed by atoms with Crippen molar-refractivity contribution >= 4 is 30.0 Å². The lowest BCUT2D eigenvalue weighted by Gasteiger charge is -2.67. The molecule has 5 rings (SSSR count). The zero-order valence-electron chi connectivity index (χ0n) is 35.3. The SMILES string of the molecule is COC(=O)O[C@@]12CO[C@@H]1C[C@H](O)[C@@]1(C)C(=O)[C@H](O)C3=C(C)[C@](C)(OC(=O)[C@H](O)[C@@H](NC(=O)OC(C)(C)C)C(C)(C)C)C[C@@](O)([C@@H](OC(=O)c4ccccc4)C12)C3(C)C. The minimum absolute atomic E-state index is 0.0607. The summed E-state index contributed by atoms with van der Waals surface area (Å²) in [6.07, 6.45) is -11.4. The van der Waals surface area contributed by atoms with Crippen molar-refractivity contribution in [3.63, 3.8) is 0 Å². The largest absolute Gasteiger partial charge is 0.508 e. The van der Waals surface area contributed by atoms with Gasteiger partial charge in [0.25, 0.3) is 0 Å². The van der Waals surface area contributed by atoms with Crippen molar-refractivity contribution < 1.29 is 72.8 Å². The number of aliphatic hydroxyl groups excluding tert-OH is 3. The average Bonchev–Trinajstić information content (AvgIpc) is 3.11. The van der Waals surface area contributed by atoms with E-state index in [-0.39, 0.29) is 29.7 Å². The highest BCUT2D eigenvalue weighted by Crippen LogP contribution is 2.65. The number of Topliss-reactive ketones (excluding diaryl/α,β-unsaturated/α-hetero) is 1. The van der Waals surface area contributed by atoms with Crippen molar-refractivity contribution in [3.8, 4) is 0 Å². The van der Waals surface area contributed by atoms with E-state index >= 15 is 4.79 Å². The summed E-state index contributed by atoms with van der Waals surface area (Å²) >= 11 is 0. The van der Waals surface area contributed by atoms with Crippen LogP contribution in [0.2, 0.25) is 0 Å². The van der Waals surface area contributed by atoms with Gasteiger partial charge in [0, 0.05) is 18.3 Å². The first-order chi connectivity index (χ1) is 26.5. The summed E-state index contributed by atoms with van der Waals surface area (Å²) in [5, 5.41) is 51.9. The van der Waals surface area contributed by atoms with Gasteiger partial charge in [0.15, 0.2) is 17.5 Å². The second kappa shape index (κ2) is 14.9. The monoisotopic (exact) mass is 817 g/mol. The van der Waals surface area contributed by atoms with Crippen LogP contribution in [0.3, 0.4) is 0 Å². The van der Waals surface area contributed by atoms with Crippen molar-refractivity contribution in [2.75, 3.05) is 13.7 Å². The summed E-state index contributed by atoms with van der Waals surface area (Å²) in [6, 6.07) is 6.54. The smallest absolute Gasteiger partial charge is 0.455 e. The lowest BCUT2D eigenvalue weighted by atomic mass is 9.44. The predicted octanol–water partition coefficient (Wildman–Crippen LogP) is 3.54. The average molecular weight is 818 g/mol. The van der Waals surface area contributed by atoms with Gasteiger partial charge in [-0.25, -0.2) is 19.2 Å². The van der Waals surface area contributed by atoms with Crippen LogP contribution in [0.5, 0.6) is 0 Å². The number of carbonyl (C=O) groups is 5. The summed E-state index contributed by atoms with van der Waals surface area (Å²) in [5.74, 6) is -4.72. The predicted molar refractivity (Wildman–Crippen MR) is 204 cm³/mol. The summed E-state index contributed by atoms with van der Waals surface area (Å²) in [4.78, 5) is 69.3. The highest BCUT2D eigenvalue weighted by Gasteiger charge is 2.79. The molecule has 1 aromatic rings. The van der Waals surface area contributed by atoms with Crippen molar-refractivity contribution in [3.05, 3.63) is 47.0 Å².